The fraction of sp³-hybridized carbons (Fsp3) is 0.133. The number of carboxylic acid groups (broad SMARTS) is 1. The van der Waals surface area contributed by atoms with Gasteiger partial charge in [-0.2, -0.15) is 0 Å². The lowest BCUT2D eigenvalue weighted by atomic mass is 9.98. The van der Waals surface area contributed by atoms with Crippen LogP contribution >= 0.6 is 0 Å². The molecule has 0 heterocycles. The van der Waals surface area contributed by atoms with E-state index >= 15 is 0 Å². The Hall–Kier alpha value is -2.49. The molecule has 98 valence electrons. The Kier molecular flexibility index (Phi) is 3.71. The maximum atomic E-state index is 11.1. The molecule has 4 nitrogen and oxygen atoms in total. The van der Waals surface area contributed by atoms with Crippen molar-refractivity contribution in [3.05, 3.63) is 59.2 Å². The molecule has 3 N–H and O–H groups in total. The number of phenolic OH excluding ortho intramolecular Hbond substituents is 2. The monoisotopic (exact) mass is 258 g/mol. The van der Waals surface area contributed by atoms with Crippen LogP contribution in [0.25, 0.3) is 0 Å². The summed E-state index contributed by atoms with van der Waals surface area (Å²) in [6, 6.07) is 12.0. The summed E-state index contributed by atoms with van der Waals surface area (Å²) in [6.07, 6.45) is 0.948. The van der Waals surface area contributed by atoms with Gasteiger partial charge < -0.3 is 15.3 Å². The van der Waals surface area contributed by atoms with E-state index in [1.807, 2.05) is 30.3 Å². The molecule has 0 aromatic heterocycles. The summed E-state index contributed by atoms with van der Waals surface area (Å²) in [5.74, 6) is -1.76. The highest BCUT2D eigenvalue weighted by atomic mass is 16.4. The van der Waals surface area contributed by atoms with Crippen molar-refractivity contribution in [1.82, 2.24) is 0 Å². The Balaban J connectivity index is 2.28. The minimum Gasteiger partial charge on any atom is -0.504 e. The van der Waals surface area contributed by atoms with Crippen molar-refractivity contribution in [2.45, 2.75) is 12.8 Å². The molecule has 2 rings (SSSR count). The van der Waals surface area contributed by atoms with Gasteiger partial charge in [0.15, 0.2) is 11.5 Å². The van der Waals surface area contributed by atoms with E-state index in [1.54, 1.807) is 0 Å². The molecule has 0 saturated carbocycles. The van der Waals surface area contributed by atoms with Gasteiger partial charge in [-0.15, -0.1) is 0 Å². The smallest absolute Gasteiger partial charge is 0.336 e. The molecule has 0 aliphatic rings. The van der Waals surface area contributed by atoms with E-state index in [4.69, 9.17) is 5.11 Å². The van der Waals surface area contributed by atoms with Crippen molar-refractivity contribution in [3.63, 3.8) is 0 Å². The molecule has 4 heteroatoms. The third-order valence-electron chi connectivity index (χ3n) is 3.00. The highest BCUT2D eigenvalue weighted by Crippen LogP contribution is 2.32. The number of benzene rings is 2. The van der Waals surface area contributed by atoms with E-state index in [9.17, 15) is 15.0 Å². The van der Waals surface area contributed by atoms with E-state index in [0.717, 1.165) is 5.56 Å². The number of hydrogen-bond acceptors (Lipinski definition) is 3. The molecule has 0 aliphatic heterocycles. The number of carbonyl (C=O) groups is 1. The lowest BCUT2D eigenvalue weighted by Gasteiger charge is -2.10. The first kappa shape index (κ1) is 13.0. The lowest BCUT2D eigenvalue weighted by Crippen LogP contribution is -2.04. The predicted octanol–water partition coefficient (Wildman–Crippen LogP) is 2.58. The third kappa shape index (κ3) is 2.85. The molecule has 0 bridgehead atoms. The highest BCUT2D eigenvalue weighted by Gasteiger charge is 2.16. The summed E-state index contributed by atoms with van der Waals surface area (Å²) in [5.41, 5.74) is 1.32. The van der Waals surface area contributed by atoms with Gasteiger partial charge in [-0.05, 0) is 30.5 Å². The normalized spacial score (nSPS) is 10.3. The van der Waals surface area contributed by atoms with E-state index in [1.165, 1.54) is 12.1 Å². The van der Waals surface area contributed by atoms with E-state index in [2.05, 4.69) is 0 Å². The van der Waals surface area contributed by atoms with E-state index in [-0.39, 0.29) is 22.6 Å². The fourth-order valence-corrected chi connectivity index (χ4v) is 1.99. The Morgan fingerprint density at radius 2 is 1.63 bits per heavy atom. The summed E-state index contributed by atoms with van der Waals surface area (Å²) >= 11 is 0. The van der Waals surface area contributed by atoms with E-state index in [0.29, 0.717) is 12.8 Å². The Morgan fingerprint density at radius 3 is 2.26 bits per heavy atom. The number of aromatic carboxylic acids is 1. The second kappa shape index (κ2) is 5.44. The van der Waals surface area contributed by atoms with Gasteiger partial charge in [-0.25, -0.2) is 4.79 Å². The van der Waals surface area contributed by atoms with Gasteiger partial charge in [0, 0.05) is 5.56 Å². The number of hydrogen-bond donors (Lipinski definition) is 3. The van der Waals surface area contributed by atoms with Crippen LogP contribution < -0.4 is 0 Å². The predicted molar refractivity (Wildman–Crippen MR) is 70.6 cm³/mol. The molecule has 0 amide bonds. The van der Waals surface area contributed by atoms with Crippen LogP contribution in [0.15, 0.2) is 42.5 Å². The second-order valence-corrected chi connectivity index (χ2v) is 4.25. The second-order valence-electron chi connectivity index (χ2n) is 4.25. The van der Waals surface area contributed by atoms with Crippen LogP contribution in [-0.4, -0.2) is 21.3 Å². The molecule has 0 spiro atoms. The first-order chi connectivity index (χ1) is 9.09. The molecule has 0 unspecified atom stereocenters. The van der Waals surface area contributed by atoms with Crippen LogP contribution in [0.4, 0.5) is 0 Å². The van der Waals surface area contributed by atoms with E-state index < -0.39 is 5.97 Å². The average Bonchev–Trinajstić information content (AvgIpc) is 2.41. The van der Waals surface area contributed by atoms with Gasteiger partial charge >= 0.3 is 5.97 Å². The number of phenols is 2. The van der Waals surface area contributed by atoms with Gasteiger partial charge in [-0.3, -0.25) is 0 Å². The zero-order valence-corrected chi connectivity index (χ0v) is 10.2. The molecule has 0 fully saturated rings. The average molecular weight is 258 g/mol. The van der Waals surface area contributed by atoms with Crippen LogP contribution in [0.2, 0.25) is 0 Å². The summed E-state index contributed by atoms with van der Waals surface area (Å²) in [4.78, 5) is 11.1. The molecular formula is C15H14O4. The van der Waals surface area contributed by atoms with Crippen molar-refractivity contribution < 1.29 is 20.1 Å². The zero-order chi connectivity index (χ0) is 13.8. The summed E-state index contributed by atoms with van der Waals surface area (Å²) in [7, 11) is 0. The van der Waals surface area contributed by atoms with Gasteiger partial charge in [-0.1, -0.05) is 30.3 Å². The SMILES string of the molecule is O=C(O)c1ccc(O)c(O)c1CCc1ccccc1. The standard InChI is InChI=1S/C15H14O4/c16-13-9-8-12(15(18)19)11(14(13)17)7-6-10-4-2-1-3-5-10/h1-5,8-9,16-17H,6-7H2,(H,18,19). The molecule has 0 atom stereocenters. The Bertz CT molecular complexity index is 591. The molecule has 19 heavy (non-hydrogen) atoms. The molecule has 2 aromatic rings. The first-order valence-electron chi connectivity index (χ1n) is 5.90. The zero-order valence-electron chi connectivity index (χ0n) is 10.2. The molecule has 0 aliphatic carbocycles. The van der Waals surface area contributed by atoms with Crippen molar-refractivity contribution >= 4 is 5.97 Å². The van der Waals surface area contributed by atoms with Crippen LogP contribution in [0.1, 0.15) is 21.5 Å². The number of rotatable bonds is 4. The largest absolute Gasteiger partial charge is 0.504 e. The summed E-state index contributed by atoms with van der Waals surface area (Å²) in [5, 5.41) is 28.3. The molecule has 2 aromatic carbocycles. The van der Waals surface area contributed by atoms with Crippen molar-refractivity contribution in [3.8, 4) is 11.5 Å². The Labute approximate surface area is 110 Å². The van der Waals surface area contributed by atoms with Crippen LogP contribution in [-0.2, 0) is 12.8 Å². The van der Waals surface area contributed by atoms with Crippen LogP contribution in [0.5, 0.6) is 11.5 Å². The topological polar surface area (TPSA) is 77.8 Å². The lowest BCUT2D eigenvalue weighted by molar-refractivity contribution is 0.0695. The highest BCUT2D eigenvalue weighted by molar-refractivity contribution is 5.90. The van der Waals surface area contributed by atoms with Gasteiger partial charge in [0.25, 0.3) is 0 Å². The molecule has 0 saturated heterocycles. The van der Waals surface area contributed by atoms with Crippen LogP contribution in [0, 0.1) is 0 Å². The third-order valence-corrected chi connectivity index (χ3v) is 3.00. The van der Waals surface area contributed by atoms with Crippen molar-refractivity contribution in [1.29, 1.82) is 0 Å². The quantitative estimate of drug-likeness (QED) is 0.736. The minimum atomic E-state index is -1.11. The maximum Gasteiger partial charge on any atom is 0.336 e. The molecular weight excluding hydrogens is 244 g/mol. The van der Waals surface area contributed by atoms with Gasteiger partial charge in [0.1, 0.15) is 0 Å². The Morgan fingerprint density at radius 1 is 0.947 bits per heavy atom. The maximum absolute atomic E-state index is 11.1. The first-order valence-corrected chi connectivity index (χ1v) is 5.90. The number of aromatic hydroxyl groups is 2. The fourth-order valence-electron chi connectivity index (χ4n) is 1.99. The van der Waals surface area contributed by atoms with Crippen molar-refractivity contribution in [2.24, 2.45) is 0 Å². The number of carboxylic acids is 1. The minimum absolute atomic E-state index is 0.0197. The van der Waals surface area contributed by atoms with Gasteiger partial charge in [0.2, 0.25) is 0 Å². The summed E-state index contributed by atoms with van der Waals surface area (Å²) < 4.78 is 0. The van der Waals surface area contributed by atoms with Gasteiger partial charge in [0.05, 0.1) is 5.56 Å². The van der Waals surface area contributed by atoms with Crippen LogP contribution in [0.3, 0.4) is 0 Å². The van der Waals surface area contributed by atoms with Crippen molar-refractivity contribution in [2.75, 3.05) is 0 Å². The summed E-state index contributed by atoms with van der Waals surface area (Å²) in [6.45, 7) is 0. The molecule has 0 radical (unpaired) electrons. The number of aryl methyl sites for hydroxylation is 1.